The highest BCUT2D eigenvalue weighted by Gasteiger charge is 2.20. The molecule has 0 aromatic heterocycles. The number of benzene rings is 1. The Balaban J connectivity index is 3.35. The average Bonchev–Trinajstić information content (AvgIpc) is 2.42. The van der Waals surface area contributed by atoms with Gasteiger partial charge in [0.15, 0.2) is 0 Å². The average molecular weight is 262 g/mol. The zero-order chi connectivity index (χ0) is 14.4. The van der Waals surface area contributed by atoms with E-state index in [1.807, 2.05) is 25.3 Å². The van der Waals surface area contributed by atoms with Gasteiger partial charge in [0.2, 0.25) is 0 Å². The predicted octanol–water partition coefficient (Wildman–Crippen LogP) is 3.38. The van der Waals surface area contributed by atoms with E-state index in [-0.39, 0.29) is 6.04 Å². The fourth-order valence-corrected chi connectivity index (χ4v) is 2.27. The maximum absolute atomic E-state index is 5.52. The van der Waals surface area contributed by atoms with Crippen LogP contribution in [0.4, 0.5) is 5.69 Å². The molecule has 0 aliphatic rings. The van der Waals surface area contributed by atoms with E-state index in [2.05, 4.69) is 43.6 Å². The van der Waals surface area contributed by atoms with Crippen molar-refractivity contribution in [3.63, 3.8) is 0 Å². The van der Waals surface area contributed by atoms with Gasteiger partial charge in [-0.3, -0.25) is 0 Å². The van der Waals surface area contributed by atoms with Gasteiger partial charge in [0, 0.05) is 29.9 Å². The molecular weight excluding hydrogens is 236 g/mol. The first-order valence-corrected chi connectivity index (χ1v) is 6.78. The third-order valence-corrected chi connectivity index (χ3v) is 3.39. The standard InChI is InChI=1S/C16H26N2O/c1-7-11-18(12(2)3)14-9-8-10-15(19-6)16(14)13(4)17-5/h7-10,12-13,17H,1,11H2,2-6H3. The molecule has 1 atom stereocenters. The molecule has 106 valence electrons. The maximum Gasteiger partial charge on any atom is 0.125 e. The monoisotopic (exact) mass is 262 g/mol. The van der Waals surface area contributed by atoms with E-state index in [0.29, 0.717) is 6.04 Å². The van der Waals surface area contributed by atoms with Crippen LogP contribution in [-0.2, 0) is 0 Å². The second-order valence-electron chi connectivity index (χ2n) is 4.94. The van der Waals surface area contributed by atoms with E-state index in [1.165, 1.54) is 11.3 Å². The molecule has 0 aliphatic carbocycles. The fraction of sp³-hybridized carbons (Fsp3) is 0.500. The largest absolute Gasteiger partial charge is 0.496 e. The lowest BCUT2D eigenvalue weighted by Crippen LogP contribution is -2.32. The molecule has 0 spiro atoms. The van der Waals surface area contributed by atoms with Gasteiger partial charge in [0.05, 0.1) is 7.11 Å². The molecule has 0 saturated heterocycles. The smallest absolute Gasteiger partial charge is 0.125 e. The minimum Gasteiger partial charge on any atom is -0.496 e. The van der Waals surface area contributed by atoms with Crippen molar-refractivity contribution in [3.05, 3.63) is 36.4 Å². The topological polar surface area (TPSA) is 24.5 Å². The molecule has 0 bridgehead atoms. The summed E-state index contributed by atoms with van der Waals surface area (Å²) in [6.07, 6.45) is 1.94. The first-order valence-electron chi connectivity index (χ1n) is 6.78. The van der Waals surface area contributed by atoms with Crippen LogP contribution in [0.2, 0.25) is 0 Å². The van der Waals surface area contributed by atoms with E-state index in [0.717, 1.165) is 12.3 Å². The number of ether oxygens (including phenoxy) is 1. The molecule has 1 aromatic rings. The van der Waals surface area contributed by atoms with Crippen LogP contribution in [-0.4, -0.2) is 26.7 Å². The summed E-state index contributed by atoms with van der Waals surface area (Å²) in [7, 11) is 3.69. The van der Waals surface area contributed by atoms with Gasteiger partial charge in [-0.2, -0.15) is 0 Å². The normalized spacial score (nSPS) is 12.3. The Labute approximate surface area is 117 Å². The van der Waals surface area contributed by atoms with Gasteiger partial charge >= 0.3 is 0 Å². The van der Waals surface area contributed by atoms with Crippen LogP contribution in [0.25, 0.3) is 0 Å². The molecule has 19 heavy (non-hydrogen) atoms. The van der Waals surface area contributed by atoms with Crippen molar-refractivity contribution in [3.8, 4) is 5.75 Å². The molecule has 1 rings (SSSR count). The number of hydrogen-bond donors (Lipinski definition) is 1. The number of anilines is 1. The highest BCUT2D eigenvalue weighted by Crippen LogP contribution is 2.35. The van der Waals surface area contributed by atoms with E-state index >= 15 is 0 Å². The zero-order valence-corrected chi connectivity index (χ0v) is 12.7. The molecule has 1 N–H and O–H groups in total. The van der Waals surface area contributed by atoms with E-state index in [1.54, 1.807) is 7.11 Å². The van der Waals surface area contributed by atoms with Gasteiger partial charge in [-0.05, 0) is 40.0 Å². The molecule has 0 aliphatic heterocycles. The van der Waals surface area contributed by atoms with Crippen molar-refractivity contribution < 1.29 is 4.74 Å². The second kappa shape index (κ2) is 7.19. The van der Waals surface area contributed by atoms with E-state index in [9.17, 15) is 0 Å². The van der Waals surface area contributed by atoms with Crippen molar-refractivity contribution >= 4 is 5.69 Å². The lowest BCUT2D eigenvalue weighted by atomic mass is 10.0. The highest BCUT2D eigenvalue weighted by molar-refractivity contribution is 5.61. The summed E-state index contributed by atoms with van der Waals surface area (Å²) in [6, 6.07) is 6.84. The number of rotatable bonds is 7. The molecule has 1 aromatic carbocycles. The number of nitrogens with one attached hydrogen (secondary N) is 1. The van der Waals surface area contributed by atoms with Crippen molar-refractivity contribution in [1.82, 2.24) is 5.32 Å². The molecule has 0 saturated carbocycles. The number of nitrogens with zero attached hydrogens (tertiary/aromatic N) is 1. The maximum atomic E-state index is 5.52. The van der Waals surface area contributed by atoms with Crippen molar-refractivity contribution in [2.75, 3.05) is 25.6 Å². The van der Waals surface area contributed by atoms with Crippen LogP contribution < -0.4 is 15.0 Å². The highest BCUT2D eigenvalue weighted by atomic mass is 16.5. The Morgan fingerprint density at radius 1 is 1.37 bits per heavy atom. The zero-order valence-electron chi connectivity index (χ0n) is 12.7. The van der Waals surface area contributed by atoms with Crippen LogP contribution >= 0.6 is 0 Å². The van der Waals surface area contributed by atoms with Crippen molar-refractivity contribution in [2.45, 2.75) is 32.9 Å². The fourth-order valence-electron chi connectivity index (χ4n) is 2.27. The van der Waals surface area contributed by atoms with Crippen LogP contribution in [0.1, 0.15) is 32.4 Å². The number of methoxy groups -OCH3 is 1. The SMILES string of the molecule is C=CCN(c1cccc(OC)c1C(C)NC)C(C)C. The quantitative estimate of drug-likeness (QED) is 0.762. The van der Waals surface area contributed by atoms with Gasteiger partial charge in [0.1, 0.15) is 5.75 Å². The Hall–Kier alpha value is -1.48. The molecule has 0 radical (unpaired) electrons. The summed E-state index contributed by atoms with van der Waals surface area (Å²) in [5.74, 6) is 0.925. The lowest BCUT2D eigenvalue weighted by Gasteiger charge is -2.32. The summed E-state index contributed by atoms with van der Waals surface area (Å²) in [5, 5.41) is 3.30. The first kappa shape index (κ1) is 15.6. The van der Waals surface area contributed by atoms with Crippen molar-refractivity contribution in [1.29, 1.82) is 0 Å². The van der Waals surface area contributed by atoms with Gasteiger partial charge in [-0.1, -0.05) is 12.1 Å². The summed E-state index contributed by atoms with van der Waals surface area (Å²) < 4.78 is 5.52. The Kier molecular flexibility index (Phi) is 5.90. The van der Waals surface area contributed by atoms with Gasteiger partial charge < -0.3 is 15.0 Å². The van der Waals surface area contributed by atoms with E-state index in [4.69, 9.17) is 4.74 Å². The molecule has 0 fully saturated rings. The second-order valence-corrected chi connectivity index (χ2v) is 4.94. The van der Waals surface area contributed by atoms with Gasteiger partial charge in [-0.15, -0.1) is 6.58 Å². The summed E-state index contributed by atoms with van der Waals surface area (Å²) in [4.78, 5) is 2.33. The number of hydrogen-bond acceptors (Lipinski definition) is 3. The van der Waals surface area contributed by atoms with Crippen molar-refractivity contribution in [2.24, 2.45) is 0 Å². The third kappa shape index (κ3) is 3.51. The van der Waals surface area contributed by atoms with Crippen LogP contribution in [0.15, 0.2) is 30.9 Å². The molecule has 3 nitrogen and oxygen atoms in total. The Bertz CT molecular complexity index is 415. The Morgan fingerprint density at radius 2 is 2.05 bits per heavy atom. The molecule has 0 heterocycles. The third-order valence-electron chi connectivity index (χ3n) is 3.39. The molecular formula is C16H26N2O. The minimum atomic E-state index is 0.234. The summed E-state index contributed by atoms with van der Waals surface area (Å²) in [6.45, 7) is 11.2. The van der Waals surface area contributed by atoms with Crippen LogP contribution in [0, 0.1) is 0 Å². The molecule has 0 amide bonds. The molecule has 3 heteroatoms. The van der Waals surface area contributed by atoms with Crippen LogP contribution in [0.3, 0.4) is 0 Å². The summed E-state index contributed by atoms with van der Waals surface area (Å²) >= 11 is 0. The molecule has 1 unspecified atom stereocenters. The van der Waals surface area contributed by atoms with Gasteiger partial charge in [-0.25, -0.2) is 0 Å². The Morgan fingerprint density at radius 3 is 2.53 bits per heavy atom. The van der Waals surface area contributed by atoms with Crippen LogP contribution in [0.5, 0.6) is 5.75 Å². The first-order chi connectivity index (χ1) is 9.06. The van der Waals surface area contributed by atoms with Gasteiger partial charge in [0.25, 0.3) is 0 Å². The minimum absolute atomic E-state index is 0.234. The lowest BCUT2D eigenvalue weighted by molar-refractivity contribution is 0.403. The summed E-state index contributed by atoms with van der Waals surface area (Å²) in [5.41, 5.74) is 2.40. The predicted molar refractivity (Wildman–Crippen MR) is 83.1 cm³/mol. The van der Waals surface area contributed by atoms with E-state index < -0.39 is 0 Å².